The number of nitrogens with zero attached hydrogens (tertiary/aromatic N) is 1. The van der Waals surface area contributed by atoms with Gasteiger partial charge in [0.15, 0.2) is 0 Å². The summed E-state index contributed by atoms with van der Waals surface area (Å²) in [5.74, 6) is 0.108. The van der Waals surface area contributed by atoms with Crippen LogP contribution in [0.1, 0.15) is 5.56 Å². The van der Waals surface area contributed by atoms with Crippen LogP contribution in [0, 0.1) is 0 Å². The molecule has 1 heterocycles. The zero-order chi connectivity index (χ0) is 15.2. The number of hydrogen-bond acceptors (Lipinski definition) is 4. The average molecular weight is 299 g/mol. The van der Waals surface area contributed by atoms with Gasteiger partial charge in [0.2, 0.25) is 5.91 Å². The third-order valence-electron chi connectivity index (χ3n) is 3.44. The molecule has 1 unspecified atom stereocenters. The van der Waals surface area contributed by atoms with Crippen molar-refractivity contribution < 1.29 is 18.3 Å². The molecule has 1 atom stereocenters. The third-order valence-corrected chi connectivity index (χ3v) is 3.44. The van der Waals surface area contributed by atoms with E-state index in [0.717, 1.165) is 18.7 Å². The van der Waals surface area contributed by atoms with Gasteiger partial charge in [0.25, 0.3) is 0 Å². The molecule has 0 radical (unpaired) electrons. The third kappa shape index (κ3) is 4.37. The van der Waals surface area contributed by atoms with Crippen LogP contribution in [0.2, 0.25) is 0 Å². The first kappa shape index (κ1) is 15.7. The van der Waals surface area contributed by atoms with Crippen LogP contribution in [0.25, 0.3) is 0 Å². The van der Waals surface area contributed by atoms with Gasteiger partial charge in [-0.2, -0.15) is 8.78 Å². The van der Waals surface area contributed by atoms with Crippen molar-refractivity contribution in [3.05, 3.63) is 29.8 Å². The summed E-state index contributed by atoms with van der Waals surface area (Å²) < 4.78 is 28.5. The van der Waals surface area contributed by atoms with Crippen molar-refractivity contribution in [2.24, 2.45) is 0 Å². The zero-order valence-corrected chi connectivity index (χ0v) is 11.8. The second kappa shape index (κ2) is 7.33. The Hall–Kier alpha value is -1.73. The lowest BCUT2D eigenvalue weighted by atomic mass is 10.1. The summed E-state index contributed by atoms with van der Waals surface area (Å²) in [4.78, 5) is 13.9. The fraction of sp³-hybridized carbons (Fsp3) is 0.500. The van der Waals surface area contributed by atoms with Crippen molar-refractivity contribution in [1.29, 1.82) is 0 Å². The maximum Gasteiger partial charge on any atom is 0.387 e. The van der Waals surface area contributed by atoms with Crippen molar-refractivity contribution in [2.75, 3.05) is 26.7 Å². The maximum absolute atomic E-state index is 12.1. The Kier molecular flexibility index (Phi) is 5.46. The Morgan fingerprint density at radius 3 is 2.81 bits per heavy atom. The summed E-state index contributed by atoms with van der Waals surface area (Å²) in [6, 6.07) is 6.28. The van der Waals surface area contributed by atoms with Crippen LogP contribution in [0.5, 0.6) is 5.75 Å². The highest BCUT2D eigenvalue weighted by atomic mass is 19.3. The largest absolute Gasteiger partial charge is 0.435 e. The van der Waals surface area contributed by atoms with Gasteiger partial charge < -0.3 is 15.4 Å². The van der Waals surface area contributed by atoms with E-state index in [1.165, 1.54) is 12.1 Å². The lowest BCUT2D eigenvalue weighted by molar-refractivity contribution is -0.126. The van der Waals surface area contributed by atoms with Gasteiger partial charge in [0.05, 0.1) is 0 Å². The van der Waals surface area contributed by atoms with Crippen molar-refractivity contribution in [3.63, 3.8) is 0 Å². The molecule has 1 amide bonds. The molecule has 0 aromatic heterocycles. The highest BCUT2D eigenvalue weighted by Gasteiger charge is 2.27. The molecule has 1 saturated heterocycles. The molecule has 116 valence electrons. The van der Waals surface area contributed by atoms with E-state index in [4.69, 9.17) is 0 Å². The summed E-state index contributed by atoms with van der Waals surface area (Å²) in [5, 5.41) is 5.85. The van der Waals surface area contributed by atoms with E-state index >= 15 is 0 Å². The number of piperazine rings is 1. The predicted molar refractivity (Wildman–Crippen MR) is 74.2 cm³/mol. The molecule has 0 spiro atoms. The smallest absolute Gasteiger partial charge is 0.387 e. The molecule has 0 saturated carbocycles. The highest BCUT2D eigenvalue weighted by Crippen LogP contribution is 2.17. The molecule has 7 heteroatoms. The van der Waals surface area contributed by atoms with E-state index < -0.39 is 6.61 Å². The van der Waals surface area contributed by atoms with E-state index in [2.05, 4.69) is 20.3 Å². The van der Waals surface area contributed by atoms with E-state index in [1.54, 1.807) is 19.2 Å². The molecular formula is C14H19F2N3O2. The molecule has 2 rings (SSSR count). The fourth-order valence-electron chi connectivity index (χ4n) is 2.37. The molecule has 0 aliphatic carbocycles. The molecule has 1 aromatic carbocycles. The molecule has 21 heavy (non-hydrogen) atoms. The zero-order valence-electron chi connectivity index (χ0n) is 11.8. The number of nitrogens with one attached hydrogen (secondary N) is 2. The van der Waals surface area contributed by atoms with E-state index in [9.17, 15) is 13.6 Å². The van der Waals surface area contributed by atoms with E-state index in [-0.39, 0.29) is 17.7 Å². The molecule has 5 nitrogen and oxygen atoms in total. The number of amides is 1. The number of carbonyl (C=O) groups excluding carboxylic acids is 1. The second-order valence-corrected chi connectivity index (χ2v) is 4.83. The number of rotatable bonds is 5. The van der Waals surface area contributed by atoms with E-state index in [1.807, 2.05) is 0 Å². The summed E-state index contributed by atoms with van der Waals surface area (Å²) in [6.07, 6.45) is 0. The number of halogens is 2. The van der Waals surface area contributed by atoms with Gasteiger partial charge in [-0.15, -0.1) is 0 Å². The van der Waals surface area contributed by atoms with Crippen LogP contribution in [-0.4, -0.2) is 50.1 Å². The minimum absolute atomic E-state index is 0.0279. The van der Waals surface area contributed by atoms with Crippen LogP contribution in [0.15, 0.2) is 24.3 Å². The molecule has 2 N–H and O–H groups in total. The SMILES string of the molecule is CNC(=O)C1CNCCN1Cc1ccc(OC(F)F)cc1. The first-order chi connectivity index (χ1) is 10.1. The van der Waals surface area contributed by atoms with Gasteiger partial charge in [0, 0.05) is 33.2 Å². The van der Waals surface area contributed by atoms with Crippen LogP contribution in [-0.2, 0) is 11.3 Å². The lowest BCUT2D eigenvalue weighted by Gasteiger charge is -2.34. The summed E-state index contributed by atoms with van der Waals surface area (Å²) in [5.41, 5.74) is 0.951. The Morgan fingerprint density at radius 2 is 2.19 bits per heavy atom. The molecule has 1 aliphatic rings. The van der Waals surface area contributed by atoms with Crippen LogP contribution in [0.4, 0.5) is 8.78 Å². The maximum atomic E-state index is 12.1. The van der Waals surface area contributed by atoms with Gasteiger partial charge in [-0.25, -0.2) is 0 Å². The Balaban J connectivity index is 2.00. The number of carbonyl (C=O) groups is 1. The normalized spacial score (nSPS) is 19.5. The van der Waals surface area contributed by atoms with Crippen molar-refractivity contribution in [2.45, 2.75) is 19.2 Å². The standard InChI is InChI=1S/C14H19F2N3O2/c1-17-13(20)12-8-18-6-7-19(12)9-10-2-4-11(5-3-10)21-14(15)16/h2-5,12,14,18H,6-9H2,1H3,(H,17,20). The lowest BCUT2D eigenvalue weighted by Crippen LogP contribution is -2.56. The molecule has 1 aromatic rings. The second-order valence-electron chi connectivity index (χ2n) is 4.83. The summed E-state index contributed by atoms with van der Waals surface area (Å²) >= 11 is 0. The minimum Gasteiger partial charge on any atom is -0.435 e. The molecule has 1 aliphatic heterocycles. The minimum atomic E-state index is -2.82. The number of benzene rings is 1. The van der Waals surface area contributed by atoms with Crippen LogP contribution in [0.3, 0.4) is 0 Å². The molecule has 0 bridgehead atoms. The summed E-state index contributed by atoms with van der Waals surface area (Å²) in [7, 11) is 1.62. The van der Waals surface area contributed by atoms with Gasteiger partial charge >= 0.3 is 6.61 Å². The topological polar surface area (TPSA) is 53.6 Å². The van der Waals surface area contributed by atoms with Gasteiger partial charge in [-0.05, 0) is 17.7 Å². The average Bonchev–Trinajstić information content (AvgIpc) is 2.48. The number of likely N-dealkylation sites (N-methyl/N-ethyl adjacent to an activating group) is 1. The van der Waals surface area contributed by atoms with Crippen molar-refractivity contribution in [3.8, 4) is 5.75 Å². The highest BCUT2D eigenvalue weighted by molar-refractivity contribution is 5.81. The number of ether oxygens (including phenoxy) is 1. The molecule has 1 fully saturated rings. The monoisotopic (exact) mass is 299 g/mol. The first-order valence-electron chi connectivity index (χ1n) is 6.80. The van der Waals surface area contributed by atoms with E-state index in [0.29, 0.717) is 13.1 Å². The van der Waals surface area contributed by atoms with Crippen molar-refractivity contribution >= 4 is 5.91 Å². The Bertz CT molecular complexity index is 468. The number of hydrogen-bond donors (Lipinski definition) is 2. The van der Waals surface area contributed by atoms with Crippen molar-refractivity contribution in [1.82, 2.24) is 15.5 Å². The molecular weight excluding hydrogens is 280 g/mol. The Labute approximate surface area is 122 Å². The van der Waals surface area contributed by atoms with Crippen LogP contribution >= 0.6 is 0 Å². The number of alkyl halides is 2. The predicted octanol–water partition coefficient (Wildman–Crippen LogP) is 0.808. The van der Waals surface area contributed by atoms with Gasteiger partial charge in [-0.3, -0.25) is 9.69 Å². The summed E-state index contributed by atoms with van der Waals surface area (Å²) in [6.45, 7) is -0.0457. The van der Waals surface area contributed by atoms with Gasteiger partial charge in [-0.1, -0.05) is 12.1 Å². The first-order valence-corrected chi connectivity index (χ1v) is 6.80. The fourth-order valence-corrected chi connectivity index (χ4v) is 2.37. The van der Waals surface area contributed by atoms with Gasteiger partial charge in [0.1, 0.15) is 11.8 Å². The quantitative estimate of drug-likeness (QED) is 0.845. The Morgan fingerprint density at radius 1 is 1.48 bits per heavy atom. The van der Waals surface area contributed by atoms with Crippen LogP contribution < -0.4 is 15.4 Å².